The Kier molecular flexibility index (Phi) is 4.33. The second kappa shape index (κ2) is 5.31. The van der Waals surface area contributed by atoms with Gasteiger partial charge >= 0.3 is 0 Å². The van der Waals surface area contributed by atoms with Gasteiger partial charge in [0.2, 0.25) is 0 Å². The van der Waals surface area contributed by atoms with Crippen molar-refractivity contribution in [3.63, 3.8) is 0 Å². The smallest absolute Gasteiger partial charge is 0.0945 e. The van der Waals surface area contributed by atoms with Gasteiger partial charge in [-0.15, -0.1) is 0 Å². The third-order valence-corrected chi connectivity index (χ3v) is 2.43. The summed E-state index contributed by atoms with van der Waals surface area (Å²) in [7, 11) is 2.05. The average Bonchev–Trinajstić information content (AvgIpc) is 2.49. The number of hydrogen-bond acceptors (Lipinski definition) is 2. The van der Waals surface area contributed by atoms with Crippen LogP contribution in [0, 0.1) is 0 Å². The molecule has 1 aromatic heterocycles. The average molecular weight is 209 g/mol. The number of imidazole rings is 1. The van der Waals surface area contributed by atoms with Crippen molar-refractivity contribution in [2.75, 3.05) is 6.54 Å². The predicted octanol–water partition coefficient (Wildman–Crippen LogP) is 2.13. The van der Waals surface area contributed by atoms with Crippen LogP contribution in [-0.2, 0) is 13.5 Å². The Balaban J connectivity index is 2.10. The van der Waals surface area contributed by atoms with Crippen LogP contribution in [0.25, 0.3) is 0 Å². The van der Waals surface area contributed by atoms with Gasteiger partial charge in [0.25, 0.3) is 0 Å². The molecule has 0 fully saturated rings. The molecule has 1 aromatic rings. The van der Waals surface area contributed by atoms with Gasteiger partial charge in [-0.2, -0.15) is 0 Å². The first-order valence-corrected chi connectivity index (χ1v) is 5.69. The van der Waals surface area contributed by atoms with E-state index >= 15 is 0 Å². The van der Waals surface area contributed by atoms with Crippen molar-refractivity contribution >= 4 is 0 Å². The molecule has 0 aromatic carbocycles. The quantitative estimate of drug-likeness (QED) is 0.753. The van der Waals surface area contributed by atoms with E-state index in [-0.39, 0.29) is 5.54 Å². The van der Waals surface area contributed by atoms with Crippen molar-refractivity contribution in [2.24, 2.45) is 7.05 Å². The van der Waals surface area contributed by atoms with Crippen LogP contribution in [0.3, 0.4) is 0 Å². The minimum Gasteiger partial charge on any atom is -0.338 e. The Bertz CT molecular complexity index is 283. The maximum absolute atomic E-state index is 4.11. The van der Waals surface area contributed by atoms with Crippen LogP contribution in [0.2, 0.25) is 0 Å². The highest BCUT2D eigenvalue weighted by atomic mass is 15.0. The molecule has 3 heteroatoms. The molecule has 3 nitrogen and oxygen atoms in total. The van der Waals surface area contributed by atoms with Crippen LogP contribution < -0.4 is 5.32 Å². The lowest BCUT2D eigenvalue weighted by molar-refractivity contribution is 0.418. The van der Waals surface area contributed by atoms with Gasteiger partial charge in [0.1, 0.15) is 0 Å². The van der Waals surface area contributed by atoms with Crippen molar-refractivity contribution in [1.82, 2.24) is 14.9 Å². The zero-order valence-corrected chi connectivity index (χ0v) is 10.4. The van der Waals surface area contributed by atoms with Gasteiger partial charge in [0.15, 0.2) is 0 Å². The Hall–Kier alpha value is -0.830. The zero-order chi connectivity index (χ0) is 11.3. The standard InChI is InChI=1S/C12H23N3/c1-12(2,3)14-8-6-5-7-11-9-13-10-15(11)4/h9-10,14H,5-8H2,1-4H3. The van der Waals surface area contributed by atoms with Crippen LogP contribution in [0.1, 0.15) is 39.3 Å². The molecule has 1 rings (SSSR count). The summed E-state index contributed by atoms with van der Waals surface area (Å²) in [6.07, 6.45) is 7.40. The van der Waals surface area contributed by atoms with E-state index in [9.17, 15) is 0 Å². The number of hydrogen-bond donors (Lipinski definition) is 1. The third kappa shape index (κ3) is 4.98. The first-order valence-electron chi connectivity index (χ1n) is 5.69. The van der Waals surface area contributed by atoms with Gasteiger partial charge in [0.05, 0.1) is 6.33 Å². The molecular formula is C12H23N3. The monoisotopic (exact) mass is 209 g/mol. The van der Waals surface area contributed by atoms with E-state index in [2.05, 4.69) is 42.7 Å². The minimum absolute atomic E-state index is 0.243. The molecule has 0 aliphatic carbocycles. The fraction of sp³-hybridized carbons (Fsp3) is 0.750. The summed E-state index contributed by atoms with van der Waals surface area (Å²) in [6.45, 7) is 7.71. The van der Waals surface area contributed by atoms with Crippen molar-refractivity contribution in [3.05, 3.63) is 18.2 Å². The molecule has 1 heterocycles. The highest BCUT2D eigenvalue weighted by Crippen LogP contribution is 2.04. The van der Waals surface area contributed by atoms with Crippen molar-refractivity contribution in [3.8, 4) is 0 Å². The van der Waals surface area contributed by atoms with Crippen LogP contribution in [-0.4, -0.2) is 21.6 Å². The van der Waals surface area contributed by atoms with E-state index in [1.165, 1.54) is 18.5 Å². The summed E-state index contributed by atoms with van der Waals surface area (Å²) >= 11 is 0. The molecule has 1 N–H and O–H groups in total. The van der Waals surface area contributed by atoms with Gasteiger partial charge < -0.3 is 9.88 Å². The Morgan fingerprint density at radius 3 is 2.60 bits per heavy atom. The number of unbranched alkanes of at least 4 members (excludes halogenated alkanes) is 1. The van der Waals surface area contributed by atoms with Gasteiger partial charge in [-0.1, -0.05) is 0 Å². The summed E-state index contributed by atoms with van der Waals surface area (Å²) in [4.78, 5) is 4.11. The molecule has 0 radical (unpaired) electrons. The SMILES string of the molecule is Cn1cncc1CCCCNC(C)(C)C. The lowest BCUT2D eigenvalue weighted by atomic mass is 10.1. The van der Waals surface area contributed by atoms with Crippen molar-refractivity contribution < 1.29 is 0 Å². The summed E-state index contributed by atoms with van der Waals surface area (Å²) in [6, 6.07) is 0. The van der Waals surface area contributed by atoms with Crippen molar-refractivity contribution in [2.45, 2.75) is 45.6 Å². The lowest BCUT2D eigenvalue weighted by Crippen LogP contribution is -2.36. The van der Waals surface area contributed by atoms with E-state index in [0.29, 0.717) is 0 Å². The summed E-state index contributed by atoms with van der Waals surface area (Å²) in [5, 5.41) is 3.49. The summed E-state index contributed by atoms with van der Waals surface area (Å²) in [5.74, 6) is 0. The highest BCUT2D eigenvalue weighted by Gasteiger charge is 2.07. The highest BCUT2D eigenvalue weighted by molar-refractivity contribution is 4.97. The van der Waals surface area contributed by atoms with Gasteiger partial charge in [-0.05, 0) is 46.6 Å². The van der Waals surface area contributed by atoms with E-state index in [0.717, 1.165) is 13.0 Å². The number of rotatable bonds is 5. The van der Waals surface area contributed by atoms with Crippen LogP contribution in [0.4, 0.5) is 0 Å². The van der Waals surface area contributed by atoms with Gasteiger partial charge in [0, 0.05) is 24.5 Å². The molecule has 0 atom stereocenters. The van der Waals surface area contributed by atoms with E-state index in [4.69, 9.17) is 0 Å². The molecule has 0 aliphatic heterocycles. The molecule has 0 aliphatic rings. The fourth-order valence-electron chi connectivity index (χ4n) is 1.52. The maximum Gasteiger partial charge on any atom is 0.0945 e. The number of nitrogens with zero attached hydrogens (tertiary/aromatic N) is 2. The normalized spacial score (nSPS) is 12.0. The topological polar surface area (TPSA) is 29.9 Å². The molecule has 0 amide bonds. The zero-order valence-electron chi connectivity index (χ0n) is 10.4. The molecule has 0 unspecified atom stereocenters. The largest absolute Gasteiger partial charge is 0.338 e. The van der Waals surface area contributed by atoms with Crippen molar-refractivity contribution in [1.29, 1.82) is 0 Å². The fourth-order valence-corrected chi connectivity index (χ4v) is 1.52. The lowest BCUT2D eigenvalue weighted by Gasteiger charge is -2.20. The molecule has 86 valence electrons. The molecule has 0 bridgehead atoms. The second-order valence-electron chi connectivity index (χ2n) is 5.13. The molecule has 0 saturated heterocycles. The maximum atomic E-state index is 4.11. The van der Waals surface area contributed by atoms with Crippen LogP contribution in [0.5, 0.6) is 0 Å². The van der Waals surface area contributed by atoms with E-state index < -0.39 is 0 Å². The molecular weight excluding hydrogens is 186 g/mol. The summed E-state index contributed by atoms with van der Waals surface area (Å²) < 4.78 is 2.09. The van der Waals surface area contributed by atoms with Gasteiger partial charge in [-0.25, -0.2) is 4.98 Å². The Labute approximate surface area is 92.9 Å². The Morgan fingerprint density at radius 1 is 1.33 bits per heavy atom. The second-order valence-corrected chi connectivity index (χ2v) is 5.13. The molecule has 0 saturated carbocycles. The third-order valence-electron chi connectivity index (χ3n) is 2.43. The summed E-state index contributed by atoms with van der Waals surface area (Å²) in [5.41, 5.74) is 1.57. The predicted molar refractivity (Wildman–Crippen MR) is 63.9 cm³/mol. The van der Waals surface area contributed by atoms with Crippen LogP contribution >= 0.6 is 0 Å². The van der Waals surface area contributed by atoms with Crippen LogP contribution in [0.15, 0.2) is 12.5 Å². The molecule has 15 heavy (non-hydrogen) atoms. The first-order chi connectivity index (χ1) is 6.99. The molecule has 0 spiro atoms. The number of aromatic nitrogens is 2. The van der Waals surface area contributed by atoms with Gasteiger partial charge in [-0.3, -0.25) is 0 Å². The Morgan fingerprint density at radius 2 is 2.07 bits per heavy atom. The first kappa shape index (κ1) is 12.2. The number of nitrogens with one attached hydrogen (secondary N) is 1. The van der Waals surface area contributed by atoms with E-state index in [1.807, 2.05) is 12.5 Å². The minimum atomic E-state index is 0.243. The van der Waals surface area contributed by atoms with E-state index in [1.54, 1.807) is 0 Å². The number of aryl methyl sites for hydroxylation is 2.